The Morgan fingerprint density at radius 2 is 2.21 bits per heavy atom. The normalized spacial score (nSPS) is 19.1. The van der Waals surface area contributed by atoms with E-state index in [0.717, 1.165) is 32.6 Å². The zero-order valence-corrected chi connectivity index (χ0v) is 17.4. The second kappa shape index (κ2) is 7.94. The Labute approximate surface area is 175 Å². The number of hydrogen-bond acceptors (Lipinski definition) is 6. The first-order chi connectivity index (χ1) is 13.5. The Kier molecular flexibility index (Phi) is 5.38. The van der Waals surface area contributed by atoms with Gasteiger partial charge in [-0.1, -0.05) is 15.9 Å². The number of rotatable bonds is 3. The first kappa shape index (κ1) is 19.0. The molecular formula is C19H18BrN3O4S. The Hall–Kier alpha value is -2.36. The zero-order valence-electron chi connectivity index (χ0n) is 15.0. The van der Waals surface area contributed by atoms with Crippen molar-refractivity contribution in [3.05, 3.63) is 51.5 Å². The molecule has 0 spiro atoms. The Morgan fingerprint density at radius 1 is 1.36 bits per heavy atom. The average molecular weight is 464 g/mol. The number of hydrazone groups is 1. The van der Waals surface area contributed by atoms with Crippen molar-refractivity contribution < 1.29 is 18.9 Å². The molecule has 2 aliphatic heterocycles. The number of methoxy groups -OCH3 is 1. The van der Waals surface area contributed by atoms with Crippen LogP contribution < -0.4 is 25.4 Å². The molecule has 0 aliphatic carbocycles. The van der Waals surface area contributed by atoms with Crippen LogP contribution in [0.3, 0.4) is 0 Å². The van der Waals surface area contributed by atoms with Crippen molar-refractivity contribution in [2.45, 2.75) is 19.1 Å². The molecule has 2 aromatic carbocycles. The van der Waals surface area contributed by atoms with Gasteiger partial charge in [-0.05, 0) is 42.5 Å². The van der Waals surface area contributed by atoms with Gasteiger partial charge in [-0.3, -0.25) is 5.43 Å². The number of thiocarbonyl (C=S) groups is 1. The largest absolute Gasteiger partial charge is 0.497 e. The van der Waals surface area contributed by atoms with Gasteiger partial charge in [0.2, 0.25) is 0 Å². The van der Waals surface area contributed by atoms with Gasteiger partial charge < -0.3 is 24.7 Å². The first-order valence-corrected chi connectivity index (χ1v) is 9.75. The lowest BCUT2D eigenvalue weighted by Crippen LogP contribution is -2.29. The molecule has 3 N–H and O–H groups in total. The number of benzene rings is 2. The second-order valence-corrected chi connectivity index (χ2v) is 7.66. The van der Waals surface area contributed by atoms with Crippen LogP contribution in [0.1, 0.15) is 29.2 Å². The lowest BCUT2D eigenvalue weighted by Gasteiger charge is -2.30. The summed E-state index contributed by atoms with van der Waals surface area (Å²) in [4.78, 5) is 0. The molecule has 0 aromatic heterocycles. The smallest absolute Gasteiger partial charge is 0.189 e. The SMILES string of the molecule is COc1ccc2c(c1)/C(=N/NC(N)=S)C[C@H](c1cc(Br)cc3c1OCOC3)O2. The molecule has 146 valence electrons. The van der Waals surface area contributed by atoms with E-state index >= 15 is 0 Å². The van der Waals surface area contributed by atoms with Gasteiger partial charge >= 0.3 is 0 Å². The third-order valence-electron chi connectivity index (χ3n) is 4.50. The molecule has 0 bridgehead atoms. The monoisotopic (exact) mass is 463 g/mol. The van der Waals surface area contributed by atoms with Gasteiger partial charge in [-0.2, -0.15) is 5.10 Å². The fraction of sp³-hybridized carbons (Fsp3) is 0.263. The van der Waals surface area contributed by atoms with Gasteiger partial charge in [0, 0.05) is 27.6 Å². The van der Waals surface area contributed by atoms with E-state index in [1.54, 1.807) is 7.11 Å². The van der Waals surface area contributed by atoms with Crippen molar-refractivity contribution in [2.75, 3.05) is 13.9 Å². The highest BCUT2D eigenvalue weighted by atomic mass is 79.9. The van der Waals surface area contributed by atoms with E-state index in [9.17, 15) is 0 Å². The van der Waals surface area contributed by atoms with E-state index < -0.39 is 0 Å². The molecule has 7 nitrogen and oxygen atoms in total. The average Bonchev–Trinajstić information content (AvgIpc) is 2.70. The van der Waals surface area contributed by atoms with Crippen molar-refractivity contribution in [2.24, 2.45) is 10.8 Å². The fourth-order valence-electron chi connectivity index (χ4n) is 3.29. The molecule has 2 aliphatic rings. The molecule has 4 rings (SSSR count). The Balaban J connectivity index is 1.77. The first-order valence-electron chi connectivity index (χ1n) is 8.55. The van der Waals surface area contributed by atoms with Crippen LogP contribution in [-0.4, -0.2) is 24.7 Å². The van der Waals surface area contributed by atoms with Crippen molar-refractivity contribution in [1.82, 2.24) is 5.43 Å². The van der Waals surface area contributed by atoms with Gasteiger partial charge in [0.05, 0.1) is 19.4 Å². The highest BCUT2D eigenvalue weighted by Crippen LogP contribution is 2.42. The predicted molar refractivity (Wildman–Crippen MR) is 112 cm³/mol. The molecule has 0 fully saturated rings. The summed E-state index contributed by atoms with van der Waals surface area (Å²) >= 11 is 8.46. The molecule has 9 heteroatoms. The molecule has 0 amide bonds. The van der Waals surface area contributed by atoms with Crippen LogP contribution >= 0.6 is 28.1 Å². The number of nitrogens with one attached hydrogen (secondary N) is 1. The maximum Gasteiger partial charge on any atom is 0.189 e. The van der Waals surface area contributed by atoms with Gasteiger partial charge in [0.25, 0.3) is 0 Å². The third kappa shape index (κ3) is 3.78. The lowest BCUT2D eigenvalue weighted by atomic mass is 9.93. The van der Waals surface area contributed by atoms with Crippen LogP contribution in [0.2, 0.25) is 0 Å². The zero-order chi connectivity index (χ0) is 19.7. The molecule has 0 radical (unpaired) electrons. The summed E-state index contributed by atoms with van der Waals surface area (Å²) in [6.45, 7) is 0.707. The summed E-state index contributed by atoms with van der Waals surface area (Å²) in [6, 6.07) is 9.59. The summed E-state index contributed by atoms with van der Waals surface area (Å²) < 4.78 is 23.8. The van der Waals surface area contributed by atoms with E-state index in [4.69, 9.17) is 36.9 Å². The summed E-state index contributed by atoms with van der Waals surface area (Å²) in [7, 11) is 1.62. The van der Waals surface area contributed by atoms with E-state index in [-0.39, 0.29) is 18.0 Å². The topological polar surface area (TPSA) is 87.3 Å². The number of ether oxygens (including phenoxy) is 4. The maximum absolute atomic E-state index is 6.31. The van der Waals surface area contributed by atoms with Crippen molar-refractivity contribution in [1.29, 1.82) is 0 Å². The van der Waals surface area contributed by atoms with Crippen LogP contribution in [0.5, 0.6) is 17.2 Å². The predicted octanol–water partition coefficient (Wildman–Crippen LogP) is 3.39. The number of nitrogens with two attached hydrogens (primary N) is 1. The van der Waals surface area contributed by atoms with E-state index in [1.165, 1.54) is 0 Å². The van der Waals surface area contributed by atoms with Crippen LogP contribution in [0, 0.1) is 0 Å². The lowest BCUT2D eigenvalue weighted by molar-refractivity contribution is -0.0183. The fourth-order valence-corrected chi connectivity index (χ4v) is 3.86. The van der Waals surface area contributed by atoms with Gasteiger partial charge in [0.15, 0.2) is 11.9 Å². The van der Waals surface area contributed by atoms with E-state index in [1.807, 2.05) is 30.3 Å². The van der Waals surface area contributed by atoms with Crippen molar-refractivity contribution in [3.8, 4) is 17.2 Å². The van der Waals surface area contributed by atoms with Crippen LogP contribution in [0.15, 0.2) is 39.9 Å². The summed E-state index contributed by atoms with van der Waals surface area (Å²) in [5.41, 5.74) is 11.7. The van der Waals surface area contributed by atoms with E-state index in [2.05, 4.69) is 26.5 Å². The summed E-state index contributed by atoms with van der Waals surface area (Å²) in [5.74, 6) is 2.20. The Bertz CT molecular complexity index is 966. The highest BCUT2D eigenvalue weighted by Gasteiger charge is 2.31. The molecule has 2 aromatic rings. The molecule has 1 atom stereocenters. The third-order valence-corrected chi connectivity index (χ3v) is 5.05. The van der Waals surface area contributed by atoms with Crippen LogP contribution in [0.4, 0.5) is 0 Å². The van der Waals surface area contributed by atoms with E-state index in [0.29, 0.717) is 24.5 Å². The van der Waals surface area contributed by atoms with Gasteiger partial charge in [-0.25, -0.2) is 0 Å². The summed E-state index contributed by atoms with van der Waals surface area (Å²) in [5, 5.41) is 4.49. The number of halogens is 1. The van der Waals surface area contributed by atoms with Gasteiger partial charge in [0.1, 0.15) is 23.4 Å². The summed E-state index contributed by atoms with van der Waals surface area (Å²) in [6.07, 6.45) is 0.209. The minimum Gasteiger partial charge on any atom is -0.497 e. The van der Waals surface area contributed by atoms with Crippen LogP contribution in [0.25, 0.3) is 0 Å². The van der Waals surface area contributed by atoms with Crippen molar-refractivity contribution in [3.63, 3.8) is 0 Å². The number of fused-ring (bicyclic) bond motifs is 2. The van der Waals surface area contributed by atoms with Crippen molar-refractivity contribution >= 4 is 39.0 Å². The number of nitrogens with zero attached hydrogens (tertiary/aromatic N) is 1. The standard InChI is InChI=1S/C19H18BrN3O4S/c1-24-12-2-3-16-13(6-12)15(22-23-19(21)28)7-17(27-16)14-5-11(20)4-10-8-25-9-26-18(10)14/h2-6,17H,7-9H2,1H3,(H3,21,23,28)/b22-15+/t17-/m1/s1. The molecule has 0 saturated heterocycles. The maximum atomic E-state index is 6.31. The quantitative estimate of drug-likeness (QED) is 0.532. The Morgan fingerprint density at radius 3 is 3.00 bits per heavy atom. The minimum atomic E-state index is -0.294. The molecule has 2 heterocycles. The molecule has 0 unspecified atom stereocenters. The number of hydrogen-bond donors (Lipinski definition) is 2. The van der Waals surface area contributed by atoms with Crippen LogP contribution in [-0.2, 0) is 11.3 Å². The molecular weight excluding hydrogens is 446 g/mol. The minimum absolute atomic E-state index is 0.0975. The highest BCUT2D eigenvalue weighted by molar-refractivity contribution is 9.10. The van der Waals surface area contributed by atoms with Gasteiger partial charge in [-0.15, -0.1) is 0 Å². The molecule has 28 heavy (non-hydrogen) atoms. The molecule has 0 saturated carbocycles. The second-order valence-electron chi connectivity index (χ2n) is 6.30.